The van der Waals surface area contributed by atoms with Crippen LogP contribution in [-0.2, 0) is 16.4 Å². The molecule has 1 amide bonds. The Morgan fingerprint density at radius 3 is 2.38 bits per heavy atom. The van der Waals surface area contributed by atoms with Crippen molar-refractivity contribution in [2.24, 2.45) is 0 Å². The standard InChI is InChI=1S/C27H27BrN2O5S2/c1-4-30(37(32,33)22-9-6-20(28)7-10-22)21-8-12-25-19(16-21)17-26(36-25)27(31)29-14-13-18-5-11-23(34-2)24(15-18)35-3/h5-12,15-17H,4,13-14H2,1-3H3,(H,29,31). The molecule has 3 aromatic carbocycles. The van der Waals surface area contributed by atoms with Crippen LogP contribution in [0.25, 0.3) is 10.1 Å². The van der Waals surface area contributed by atoms with Gasteiger partial charge in [-0.2, -0.15) is 0 Å². The van der Waals surface area contributed by atoms with Gasteiger partial charge in [0.1, 0.15) is 0 Å². The van der Waals surface area contributed by atoms with Gasteiger partial charge in [0.25, 0.3) is 15.9 Å². The number of carbonyl (C=O) groups excluding carboxylic acids is 1. The topological polar surface area (TPSA) is 84.9 Å². The summed E-state index contributed by atoms with van der Waals surface area (Å²) in [4.78, 5) is 13.6. The molecule has 194 valence electrons. The summed E-state index contributed by atoms with van der Waals surface area (Å²) in [7, 11) is -0.548. The van der Waals surface area contributed by atoms with Gasteiger partial charge in [0.05, 0.1) is 29.7 Å². The molecule has 0 spiro atoms. The van der Waals surface area contributed by atoms with Crippen molar-refractivity contribution in [2.75, 3.05) is 31.6 Å². The van der Waals surface area contributed by atoms with E-state index < -0.39 is 10.0 Å². The summed E-state index contributed by atoms with van der Waals surface area (Å²) in [6.45, 7) is 2.53. The maximum Gasteiger partial charge on any atom is 0.264 e. The fourth-order valence-electron chi connectivity index (χ4n) is 3.97. The Kier molecular flexibility index (Phi) is 8.41. The van der Waals surface area contributed by atoms with Crippen molar-refractivity contribution in [3.05, 3.63) is 81.6 Å². The van der Waals surface area contributed by atoms with E-state index >= 15 is 0 Å². The number of carbonyl (C=O) groups is 1. The fraction of sp³-hybridized carbons (Fsp3) is 0.222. The minimum Gasteiger partial charge on any atom is -0.493 e. The first-order valence-electron chi connectivity index (χ1n) is 11.6. The summed E-state index contributed by atoms with van der Waals surface area (Å²) in [6, 6.07) is 19.5. The maximum atomic E-state index is 13.3. The van der Waals surface area contributed by atoms with Crippen LogP contribution in [0.15, 0.2) is 76.1 Å². The molecule has 37 heavy (non-hydrogen) atoms. The van der Waals surface area contributed by atoms with Crippen molar-refractivity contribution in [3.8, 4) is 11.5 Å². The smallest absolute Gasteiger partial charge is 0.264 e. The van der Waals surface area contributed by atoms with Crippen LogP contribution in [0.1, 0.15) is 22.2 Å². The summed E-state index contributed by atoms with van der Waals surface area (Å²) in [5.41, 5.74) is 1.57. The normalized spacial score (nSPS) is 11.4. The first-order chi connectivity index (χ1) is 17.8. The van der Waals surface area contributed by atoms with Crippen LogP contribution >= 0.6 is 27.3 Å². The van der Waals surface area contributed by atoms with Gasteiger partial charge < -0.3 is 14.8 Å². The Labute approximate surface area is 229 Å². The molecule has 7 nitrogen and oxygen atoms in total. The number of halogens is 1. The first kappa shape index (κ1) is 27.0. The van der Waals surface area contributed by atoms with E-state index in [1.54, 1.807) is 57.5 Å². The van der Waals surface area contributed by atoms with E-state index in [0.29, 0.717) is 35.0 Å². The lowest BCUT2D eigenvalue weighted by atomic mass is 10.1. The van der Waals surface area contributed by atoms with Crippen LogP contribution in [-0.4, -0.2) is 41.6 Å². The van der Waals surface area contributed by atoms with Gasteiger partial charge in [-0.3, -0.25) is 9.10 Å². The van der Waals surface area contributed by atoms with Gasteiger partial charge in [-0.15, -0.1) is 11.3 Å². The Balaban J connectivity index is 1.48. The number of amides is 1. The number of anilines is 1. The molecule has 10 heteroatoms. The SMILES string of the molecule is CCN(c1ccc2sc(C(=O)NCCc3ccc(OC)c(OC)c3)cc2c1)S(=O)(=O)c1ccc(Br)cc1. The number of hydrogen-bond donors (Lipinski definition) is 1. The van der Waals surface area contributed by atoms with E-state index in [9.17, 15) is 13.2 Å². The Morgan fingerprint density at radius 1 is 0.973 bits per heavy atom. The second-order valence-corrected chi connectivity index (χ2v) is 12.0. The van der Waals surface area contributed by atoms with E-state index in [0.717, 1.165) is 20.1 Å². The zero-order chi connectivity index (χ0) is 26.6. The quantitative estimate of drug-likeness (QED) is 0.245. The fourth-order valence-corrected chi connectivity index (χ4v) is 6.66. The molecule has 0 bridgehead atoms. The van der Waals surface area contributed by atoms with Crippen molar-refractivity contribution in [2.45, 2.75) is 18.2 Å². The molecule has 1 aromatic heterocycles. The van der Waals surface area contributed by atoms with Crippen LogP contribution in [0.3, 0.4) is 0 Å². The number of ether oxygens (including phenoxy) is 2. The van der Waals surface area contributed by atoms with Gasteiger partial charge in [0, 0.05) is 22.3 Å². The van der Waals surface area contributed by atoms with Crippen molar-refractivity contribution < 1.29 is 22.7 Å². The molecule has 4 rings (SSSR count). The van der Waals surface area contributed by atoms with Crippen LogP contribution in [0, 0.1) is 0 Å². The molecular formula is C27H27BrN2O5S2. The van der Waals surface area contributed by atoms with Gasteiger partial charge in [-0.1, -0.05) is 22.0 Å². The highest BCUT2D eigenvalue weighted by Crippen LogP contribution is 2.32. The molecule has 0 atom stereocenters. The number of rotatable bonds is 10. The summed E-state index contributed by atoms with van der Waals surface area (Å²) in [5, 5.41) is 3.78. The number of methoxy groups -OCH3 is 2. The van der Waals surface area contributed by atoms with E-state index in [-0.39, 0.29) is 17.3 Å². The third-order valence-electron chi connectivity index (χ3n) is 5.85. The summed E-state index contributed by atoms with van der Waals surface area (Å²) >= 11 is 4.72. The van der Waals surface area contributed by atoms with Gasteiger partial charge in [0.15, 0.2) is 11.5 Å². The lowest BCUT2D eigenvalue weighted by molar-refractivity contribution is 0.0958. The van der Waals surface area contributed by atoms with Crippen LogP contribution in [0.4, 0.5) is 5.69 Å². The number of sulfonamides is 1. The number of nitrogens with zero attached hydrogens (tertiary/aromatic N) is 1. The third kappa shape index (κ3) is 5.92. The first-order valence-corrected chi connectivity index (χ1v) is 14.6. The number of nitrogens with one attached hydrogen (secondary N) is 1. The highest BCUT2D eigenvalue weighted by atomic mass is 79.9. The summed E-state index contributed by atoms with van der Waals surface area (Å²) in [5.74, 6) is 1.14. The maximum absolute atomic E-state index is 13.3. The van der Waals surface area contributed by atoms with E-state index in [2.05, 4.69) is 21.2 Å². The van der Waals surface area contributed by atoms with Gasteiger partial charge in [0.2, 0.25) is 0 Å². The molecule has 0 aliphatic carbocycles. The molecule has 0 aliphatic heterocycles. The summed E-state index contributed by atoms with van der Waals surface area (Å²) in [6.07, 6.45) is 0.639. The molecule has 0 radical (unpaired) electrons. The predicted octanol–water partition coefficient (Wildman–Crippen LogP) is 5.87. The van der Waals surface area contributed by atoms with Crippen LogP contribution < -0.4 is 19.1 Å². The monoisotopic (exact) mass is 602 g/mol. The van der Waals surface area contributed by atoms with Crippen LogP contribution in [0.2, 0.25) is 0 Å². The van der Waals surface area contributed by atoms with E-state index in [1.165, 1.54) is 15.6 Å². The third-order valence-corrected chi connectivity index (χ3v) is 9.41. The molecule has 1 N–H and O–H groups in total. The molecule has 0 saturated carbocycles. The van der Waals surface area contributed by atoms with Crippen molar-refractivity contribution >= 4 is 59.0 Å². The minimum absolute atomic E-state index is 0.168. The van der Waals surface area contributed by atoms with Crippen molar-refractivity contribution in [3.63, 3.8) is 0 Å². The van der Waals surface area contributed by atoms with E-state index in [4.69, 9.17) is 9.47 Å². The van der Waals surface area contributed by atoms with E-state index in [1.807, 2.05) is 30.3 Å². The number of thiophene rings is 1. The lowest BCUT2D eigenvalue weighted by Crippen LogP contribution is -2.30. The second-order valence-electron chi connectivity index (χ2n) is 8.15. The predicted molar refractivity (Wildman–Crippen MR) is 152 cm³/mol. The molecule has 1 heterocycles. The number of fused-ring (bicyclic) bond motifs is 1. The molecule has 0 unspecified atom stereocenters. The van der Waals surface area contributed by atoms with Crippen molar-refractivity contribution in [1.29, 1.82) is 0 Å². The van der Waals surface area contributed by atoms with Gasteiger partial charge in [-0.05, 0) is 85.0 Å². The molecule has 0 aliphatic rings. The zero-order valence-corrected chi connectivity index (χ0v) is 23.9. The molecule has 0 fully saturated rings. The summed E-state index contributed by atoms with van der Waals surface area (Å²) < 4.78 is 40.2. The molecular weight excluding hydrogens is 576 g/mol. The zero-order valence-electron chi connectivity index (χ0n) is 20.7. The van der Waals surface area contributed by atoms with Crippen LogP contribution in [0.5, 0.6) is 11.5 Å². The Hall–Kier alpha value is -3.08. The highest BCUT2D eigenvalue weighted by Gasteiger charge is 2.24. The largest absolute Gasteiger partial charge is 0.493 e. The number of hydrogen-bond acceptors (Lipinski definition) is 6. The molecule has 4 aromatic rings. The van der Waals surface area contributed by atoms with Gasteiger partial charge >= 0.3 is 0 Å². The second kappa shape index (κ2) is 11.5. The molecule has 0 saturated heterocycles. The average Bonchev–Trinajstić information content (AvgIpc) is 3.33. The minimum atomic E-state index is -3.73. The number of benzene rings is 3. The van der Waals surface area contributed by atoms with Gasteiger partial charge in [-0.25, -0.2) is 8.42 Å². The van der Waals surface area contributed by atoms with Crippen molar-refractivity contribution in [1.82, 2.24) is 5.32 Å². The highest BCUT2D eigenvalue weighted by molar-refractivity contribution is 9.10. The Bertz CT molecular complexity index is 1520. The Morgan fingerprint density at radius 2 is 1.70 bits per heavy atom. The average molecular weight is 604 g/mol. The lowest BCUT2D eigenvalue weighted by Gasteiger charge is -2.23.